The fourth-order valence-electron chi connectivity index (χ4n) is 2.57. The Hall–Kier alpha value is -1.76. The SMILES string of the molecule is CCc1ccccc1NCc1cccc(C2CC2)c1. The lowest BCUT2D eigenvalue weighted by atomic mass is 10.1. The van der Waals surface area contributed by atoms with Crippen LogP contribution < -0.4 is 5.32 Å². The molecule has 2 aromatic rings. The van der Waals surface area contributed by atoms with E-state index in [1.807, 2.05) is 0 Å². The summed E-state index contributed by atoms with van der Waals surface area (Å²) in [5.41, 5.74) is 5.56. The average molecular weight is 251 g/mol. The van der Waals surface area contributed by atoms with E-state index in [0.717, 1.165) is 18.9 Å². The van der Waals surface area contributed by atoms with Gasteiger partial charge in [-0.2, -0.15) is 0 Å². The van der Waals surface area contributed by atoms with Gasteiger partial charge >= 0.3 is 0 Å². The lowest BCUT2D eigenvalue weighted by Crippen LogP contribution is -2.02. The molecule has 0 amide bonds. The third-order valence-corrected chi connectivity index (χ3v) is 3.88. The first-order valence-corrected chi connectivity index (χ1v) is 7.27. The van der Waals surface area contributed by atoms with E-state index in [1.165, 1.54) is 35.2 Å². The minimum Gasteiger partial charge on any atom is -0.381 e. The van der Waals surface area contributed by atoms with E-state index in [0.29, 0.717) is 0 Å². The van der Waals surface area contributed by atoms with Crippen LogP contribution in [0.4, 0.5) is 5.69 Å². The number of para-hydroxylation sites is 1. The van der Waals surface area contributed by atoms with Crippen molar-refractivity contribution in [3.63, 3.8) is 0 Å². The second-order valence-electron chi connectivity index (χ2n) is 5.38. The molecule has 0 saturated heterocycles. The predicted octanol–water partition coefficient (Wildman–Crippen LogP) is 4.74. The highest BCUT2D eigenvalue weighted by Crippen LogP contribution is 2.40. The van der Waals surface area contributed by atoms with Gasteiger partial charge in [0.1, 0.15) is 0 Å². The highest BCUT2D eigenvalue weighted by Gasteiger charge is 2.23. The summed E-state index contributed by atoms with van der Waals surface area (Å²) < 4.78 is 0. The van der Waals surface area contributed by atoms with Crippen LogP contribution in [0.2, 0.25) is 0 Å². The van der Waals surface area contributed by atoms with E-state index in [1.54, 1.807) is 0 Å². The van der Waals surface area contributed by atoms with Crippen molar-refractivity contribution < 1.29 is 0 Å². The first-order valence-electron chi connectivity index (χ1n) is 7.27. The summed E-state index contributed by atoms with van der Waals surface area (Å²) in [5.74, 6) is 0.836. The highest BCUT2D eigenvalue weighted by atomic mass is 14.9. The Morgan fingerprint density at radius 2 is 1.89 bits per heavy atom. The van der Waals surface area contributed by atoms with Gasteiger partial charge in [-0.1, -0.05) is 49.4 Å². The monoisotopic (exact) mass is 251 g/mol. The molecule has 0 unspecified atom stereocenters. The van der Waals surface area contributed by atoms with Crippen LogP contribution in [0.15, 0.2) is 48.5 Å². The van der Waals surface area contributed by atoms with Gasteiger partial charge in [-0.15, -0.1) is 0 Å². The Balaban J connectivity index is 1.70. The van der Waals surface area contributed by atoms with Crippen molar-refractivity contribution in [3.8, 4) is 0 Å². The van der Waals surface area contributed by atoms with E-state index in [9.17, 15) is 0 Å². The molecule has 0 radical (unpaired) electrons. The molecular formula is C18H21N. The maximum atomic E-state index is 3.57. The molecule has 3 rings (SSSR count). The second kappa shape index (κ2) is 5.48. The van der Waals surface area contributed by atoms with Crippen molar-refractivity contribution in [1.82, 2.24) is 0 Å². The van der Waals surface area contributed by atoms with Crippen LogP contribution in [-0.4, -0.2) is 0 Å². The molecule has 1 aliphatic carbocycles. The standard InChI is InChI=1S/C18H21N/c1-2-15-7-3-4-9-18(15)19-13-14-6-5-8-17(12-14)16-10-11-16/h3-9,12,16,19H,2,10-11,13H2,1H3. The van der Waals surface area contributed by atoms with Gasteiger partial charge in [0.15, 0.2) is 0 Å². The van der Waals surface area contributed by atoms with Gasteiger partial charge in [-0.3, -0.25) is 0 Å². The van der Waals surface area contributed by atoms with Crippen LogP contribution in [0.1, 0.15) is 42.4 Å². The van der Waals surface area contributed by atoms with Gasteiger partial charge in [-0.05, 0) is 47.9 Å². The van der Waals surface area contributed by atoms with Gasteiger partial charge in [0.05, 0.1) is 0 Å². The molecular weight excluding hydrogens is 230 g/mol. The van der Waals surface area contributed by atoms with Crippen molar-refractivity contribution in [2.24, 2.45) is 0 Å². The zero-order valence-electron chi connectivity index (χ0n) is 11.5. The maximum Gasteiger partial charge on any atom is 0.0400 e. The fourth-order valence-corrected chi connectivity index (χ4v) is 2.57. The number of rotatable bonds is 5. The topological polar surface area (TPSA) is 12.0 Å². The van der Waals surface area contributed by atoms with Crippen LogP contribution in [-0.2, 0) is 13.0 Å². The summed E-state index contributed by atoms with van der Waals surface area (Å²) in [6.45, 7) is 3.12. The average Bonchev–Trinajstić information content (AvgIpc) is 3.30. The molecule has 98 valence electrons. The van der Waals surface area contributed by atoms with Crippen LogP contribution in [0.25, 0.3) is 0 Å². The first-order chi connectivity index (χ1) is 9.36. The molecule has 1 saturated carbocycles. The van der Waals surface area contributed by atoms with Crippen LogP contribution in [0, 0.1) is 0 Å². The summed E-state index contributed by atoms with van der Waals surface area (Å²) in [6.07, 6.45) is 3.82. The van der Waals surface area contributed by atoms with Gasteiger partial charge in [0, 0.05) is 12.2 Å². The fraction of sp³-hybridized carbons (Fsp3) is 0.333. The lowest BCUT2D eigenvalue weighted by Gasteiger charge is -2.11. The normalized spacial score (nSPS) is 14.4. The first kappa shape index (κ1) is 12.3. The van der Waals surface area contributed by atoms with Crippen molar-refractivity contribution in [3.05, 3.63) is 65.2 Å². The molecule has 0 heterocycles. The molecule has 1 N–H and O–H groups in total. The van der Waals surface area contributed by atoms with Crippen LogP contribution in [0.5, 0.6) is 0 Å². The molecule has 19 heavy (non-hydrogen) atoms. The van der Waals surface area contributed by atoms with Crippen LogP contribution >= 0.6 is 0 Å². The minimum absolute atomic E-state index is 0.836. The molecule has 0 atom stereocenters. The molecule has 2 aromatic carbocycles. The highest BCUT2D eigenvalue weighted by molar-refractivity contribution is 5.51. The van der Waals surface area contributed by atoms with E-state index < -0.39 is 0 Å². The maximum absolute atomic E-state index is 3.57. The van der Waals surface area contributed by atoms with Crippen molar-refractivity contribution in [1.29, 1.82) is 0 Å². The Kier molecular flexibility index (Phi) is 3.54. The summed E-state index contributed by atoms with van der Waals surface area (Å²) in [4.78, 5) is 0. The zero-order valence-corrected chi connectivity index (χ0v) is 11.5. The summed E-state index contributed by atoms with van der Waals surface area (Å²) >= 11 is 0. The lowest BCUT2D eigenvalue weighted by molar-refractivity contribution is 1.07. The Morgan fingerprint density at radius 3 is 2.68 bits per heavy atom. The van der Waals surface area contributed by atoms with Gasteiger partial charge < -0.3 is 5.32 Å². The third-order valence-electron chi connectivity index (χ3n) is 3.88. The van der Waals surface area contributed by atoms with E-state index in [-0.39, 0.29) is 0 Å². The number of benzene rings is 2. The molecule has 1 nitrogen and oxygen atoms in total. The van der Waals surface area contributed by atoms with E-state index in [4.69, 9.17) is 0 Å². The second-order valence-corrected chi connectivity index (χ2v) is 5.38. The molecule has 0 bridgehead atoms. The molecule has 1 fully saturated rings. The van der Waals surface area contributed by atoms with Crippen molar-refractivity contribution >= 4 is 5.69 Å². The smallest absolute Gasteiger partial charge is 0.0400 e. The summed E-state index contributed by atoms with van der Waals surface area (Å²) in [6, 6.07) is 17.6. The molecule has 1 aliphatic rings. The van der Waals surface area contributed by atoms with Crippen molar-refractivity contribution in [2.45, 2.75) is 38.6 Å². The molecule has 0 spiro atoms. The van der Waals surface area contributed by atoms with Gasteiger partial charge in [-0.25, -0.2) is 0 Å². The summed E-state index contributed by atoms with van der Waals surface area (Å²) in [7, 11) is 0. The van der Waals surface area contributed by atoms with Crippen LogP contribution in [0.3, 0.4) is 0 Å². The third kappa shape index (κ3) is 2.98. The number of nitrogens with one attached hydrogen (secondary N) is 1. The molecule has 0 aromatic heterocycles. The molecule has 1 heteroatoms. The van der Waals surface area contributed by atoms with Crippen molar-refractivity contribution in [2.75, 3.05) is 5.32 Å². The number of aryl methyl sites for hydroxylation is 1. The van der Waals surface area contributed by atoms with Gasteiger partial charge in [0.2, 0.25) is 0 Å². The Morgan fingerprint density at radius 1 is 1.05 bits per heavy atom. The number of hydrogen-bond donors (Lipinski definition) is 1. The minimum atomic E-state index is 0.836. The molecule has 0 aliphatic heterocycles. The quantitative estimate of drug-likeness (QED) is 0.809. The summed E-state index contributed by atoms with van der Waals surface area (Å²) in [5, 5.41) is 3.57. The Bertz CT molecular complexity index is 555. The largest absolute Gasteiger partial charge is 0.381 e. The van der Waals surface area contributed by atoms with Gasteiger partial charge in [0.25, 0.3) is 0 Å². The Labute approximate surface area is 115 Å². The van der Waals surface area contributed by atoms with E-state index >= 15 is 0 Å². The van der Waals surface area contributed by atoms with E-state index in [2.05, 4.69) is 60.8 Å². The predicted molar refractivity (Wildman–Crippen MR) is 81.6 cm³/mol. The number of hydrogen-bond acceptors (Lipinski definition) is 1. The zero-order chi connectivity index (χ0) is 13.1. The number of anilines is 1.